The Kier molecular flexibility index (Phi) is 6.39. The minimum atomic E-state index is -0.431. The Morgan fingerprint density at radius 3 is 2.62 bits per heavy atom. The van der Waals surface area contributed by atoms with Gasteiger partial charge in [0.15, 0.2) is 0 Å². The van der Waals surface area contributed by atoms with Gasteiger partial charge in [0.2, 0.25) is 0 Å². The van der Waals surface area contributed by atoms with E-state index in [0.717, 1.165) is 31.4 Å². The molecule has 32 heavy (non-hydrogen) atoms. The Morgan fingerprint density at radius 1 is 1.09 bits per heavy atom. The number of benzene rings is 2. The van der Waals surface area contributed by atoms with Crippen LogP contribution in [0.4, 0.5) is 5.00 Å². The molecule has 2 heterocycles. The van der Waals surface area contributed by atoms with E-state index >= 15 is 0 Å². The van der Waals surface area contributed by atoms with Crippen molar-refractivity contribution in [2.75, 3.05) is 11.9 Å². The topological polar surface area (TPSA) is 68.3 Å². The molecule has 0 saturated carbocycles. The van der Waals surface area contributed by atoms with Gasteiger partial charge in [0.25, 0.3) is 5.91 Å². The fourth-order valence-corrected chi connectivity index (χ4v) is 4.94. The van der Waals surface area contributed by atoms with Crippen LogP contribution in [0.5, 0.6) is 0 Å². The van der Waals surface area contributed by atoms with Crippen molar-refractivity contribution < 1.29 is 14.3 Å². The molecule has 0 unspecified atom stereocenters. The average Bonchev–Trinajstić information content (AvgIpc) is 3.06. The number of pyridine rings is 1. The van der Waals surface area contributed by atoms with Crippen LogP contribution in [-0.2, 0) is 4.74 Å². The number of nitrogens with zero attached hydrogens (tertiary/aromatic N) is 1. The number of nitrogens with one attached hydrogen (secondary N) is 1. The molecule has 0 aliphatic rings. The van der Waals surface area contributed by atoms with E-state index < -0.39 is 5.97 Å². The summed E-state index contributed by atoms with van der Waals surface area (Å²) in [6.07, 6.45) is 0. The first kappa shape index (κ1) is 22.2. The number of para-hydroxylation sites is 1. The molecule has 0 spiro atoms. The van der Waals surface area contributed by atoms with E-state index in [9.17, 15) is 9.59 Å². The Balaban J connectivity index is 1.80. The number of thiophene rings is 1. The highest BCUT2D eigenvalue weighted by Gasteiger charge is 2.23. The summed E-state index contributed by atoms with van der Waals surface area (Å²) in [6.45, 7) is 5.81. The second-order valence-corrected chi connectivity index (χ2v) is 9.38. The van der Waals surface area contributed by atoms with Gasteiger partial charge in [-0.05, 0) is 50.6 Å². The van der Waals surface area contributed by atoms with Gasteiger partial charge in [-0.2, -0.15) is 0 Å². The van der Waals surface area contributed by atoms with Crippen LogP contribution < -0.4 is 5.32 Å². The molecule has 162 valence electrons. The van der Waals surface area contributed by atoms with Crippen LogP contribution in [0.2, 0.25) is 0 Å². The zero-order chi connectivity index (χ0) is 22.8. The first-order valence-electron chi connectivity index (χ1n) is 10.1. The molecule has 0 fully saturated rings. The summed E-state index contributed by atoms with van der Waals surface area (Å²) in [6, 6.07) is 17.1. The third-order valence-corrected chi connectivity index (χ3v) is 6.79. The lowest BCUT2D eigenvalue weighted by Gasteiger charge is -2.11. The van der Waals surface area contributed by atoms with Gasteiger partial charge in [-0.1, -0.05) is 46.3 Å². The lowest BCUT2D eigenvalue weighted by molar-refractivity contribution is 0.0527. The normalized spacial score (nSPS) is 10.9. The molecule has 0 saturated heterocycles. The third kappa shape index (κ3) is 4.31. The highest BCUT2D eigenvalue weighted by molar-refractivity contribution is 9.10. The van der Waals surface area contributed by atoms with Crippen molar-refractivity contribution in [3.05, 3.63) is 80.6 Å². The monoisotopic (exact) mass is 508 g/mol. The minimum absolute atomic E-state index is 0.269. The largest absolute Gasteiger partial charge is 0.462 e. The number of rotatable bonds is 5. The highest BCUT2D eigenvalue weighted by Crippen LogP contribution is 2.34. The molecule has 0 bridgehead atoms. The summed E-state index contributed by atoms with van der Waals surface area (Å²) in [5.41, 5.74) is 4.03. The number of carbonyl (C=O) groups is 2. The molecule has 1 N–H and O–H groups in total. The first-order chi connectivity index (χ1) is 15.4. The van der Waals surface area contributed by atoms with Crippen molar-refractivity contribution in [1.29, 1.82) is 0 Å². The van der Waals surface area contributed by atoms with Gasteiger partial charge >= 0.3 is 5.97 Å². The van der Waals surface area contributed by atoms with Crippen LogP contribution >= 0.6 is 27.3 Å². The van der Waals surface area contributed by atoms with Crippen LogP contribution in [0.25, 0.3) is 22.2 Å². The zero-order valence-electron chi connectivity index (χ0n) is 17.9. The molecule has 0 aliphatic carbocycles. The minimum Gasteiger partial charge on any atom is -0.462 e. The van der Waals surface area contributed by atoms with Crippen molar-refractivity contribution in [2.24, 2.45) is 0 Å². The van der Waals surface area contributed by atoms with E-state index in [1.165, 1.54) is 11.3 Å². The molecule has 0 atom stereocenters. The fourth-order valence-electron chi connectivity index (χ4n) is 3.49. The van der Waals surface area contributed by atoms with Gasteiger partial charge in [-0.3, -0.25) is 4.79 Å². The number of hydrogen-bond acceptors (Lipinski definition) is 5. The summed E-state index contributed by atoms with van der Waals surface area (Å²) in [4.78, 5) is 31.7. The average molecular weight is 509 g/mol. The van der Waals surface area contributed by atoms with Gasteiger partial charge in [-0.25, -0.2) is 9.78 Å². The van der Waals surface area contributed by atoms with Gasteiger partial charge < -0.3 is 10.1 Å². The number of esters is 1. The summed E-state index contributed by atoms with van der Waals surface area (Å²) in [5, 5.41) is 4.19. The van der Waals surface area contributed by atoms with Gasteiger partial charge in [-0.15, -0.1) is 11.3 Å². The van der Waals surface area contributed by atoms with E-state index in [1.54, 1.807) is 13.0 Å². The number of ether oxygens (including phenoxy) is 1. The van der Waals surface area contributed by atoms with Crippen LogP contribution in [0.1, 0.15) is 38.1 Å². The van der Waals surface area contributed by atoms with E-state index in [-0.39, 0.29) is 12.5 Å². The number of fused-ring (bicyclic) bond motifs is 1. The number of aromatic nitrogens is 1. The quantitative estimate of drug-likeness (QED) is 0.302. The van der Waals surface area contributed by atoms with E-state index in [4.69, 9.17) is 9.72 Å². The lowest BCUT2D eigenvalue weighted by Crippen LogP contribution is -2.15. The number of amides is 1. The number of carbonyl (C=O) groups excluding carboxylic acids is 2. The van der Waals surface area contributed by atoms with Gasteiger partial charge in [0.05, 0.1) is 28.9 Å². The van der Waals surface area contributed by atoms with E-state index in [2.05, 4.69) is 21.2 Å². The predicted molar refractivity (Wildman–Crippen MR) is 133 cm³/mol. The Hall–Kier alpha value is -3.03. The SMILES string of the molecule is CCOC(=O)c1c(NC(=O)c2cc(-c3cccc(Br)c3)nc3ccccc23)sc(C)c1C. The number of hydrogen-bond donors (Lipinski definition) is 1. The molecule has 2 aromatic heterocycles. The molecule has 0 radical (unpaired) electrons. The summed E-state index contributed by atoms with van der Waals surface area (Å²) < 4.78 is 6.14. The standard InChI is InChI=1S/C25H21BrN2O3S/c1-4-31-25(30)22-14(2)15(3)32-24(22)28-23(29)19-13-21(16-8-7-9-17(26)12-16)27-20-11-6-5-10-18(19)20/h5-13H,4H2,1-3H3,(H,28,29). The molecule has 4 rings (SSSR count). The third-order valence-electron chi connectivity index (χ3n) is 5.17. The molecule has 5 nitrogen and oxygen atoms in total. The van der Waals surface area contributed by atoms with Gasteiger partial charge in [0, 0.05) is 20.3 Å². The maximum Gasteiger partial charge on any atom is 0.341 e. The Bertz CT molecular complexity index is 1350. The lowest BCUT2D eigenvalue weighted by atomic mass is 10.0. The Labute approximate surface area is 198 Å². The number of aryl methyl sites for hydroxylation is 1. The van der Waals surface area contributed by atoms with Crippen LogP contribution in [0, 0.1) is 13.8 Å². The summed E-state index contributed by atoms with van der Waals surface area (Å²) >= 11 is 4.87. The van der Waals surface area contributed by atoms with Crippen molar-refractivity contribution in [2.45, 2.75) is 20.8 Å². The van der Waals surface area contributed by atoms with Crippen molar-refractivity contribution in [1.82, 2.24) is 4.98 Å². The van der Waals surface area contributed by atoms with Crippen LogP contribution in [-0.4, -0.2) is 23.5 Å². The second kappa shape index (κ2) is 9.22. The van der Waals surface area contributed by atoms with Crippen molar-refractivity contribution >= 4 is 55.0 Å². The number of halogens is 1. The highest BCUT2D eigenvalue weighted by atomic mass is 79.9. The fraction of sp³-hybridized carbons (Fsp3) is 0.160. The predicted octanol–water partition coefficient (Wildman–Crippen LogP) is 6.77. The van der Waals surface area contributed by atoms with E-state index in [1.807, 2.05) is 62.4 Å². The van der Waals surface area contributed by atoms with Crippen molar-refractivity contribution in [3.8, 4) is 11.3 Å². The first-order valence-corrected chi connectivity index (χ1v) is 11.7. The van der Waals surface area contributed by atoms with E-state index in [0.29, 0.717) is 21.8 Å². The molecular weight excluding hydrogens is 488 g/mol. The molecule has 0 aliphatic heterocycles. The molecule has 2 aromatic carbocycles. The Morgan fingerprint density at radius 2 is 1.88 bits per heavy atom. The van der Waals surface area contributed by atoms with Crippen LogP contribution in [0.15, 0.2) is 59.1 Å². The molecular formula is C25H21BrN2O3S. The maximum absolute atomic E-state index is 13.4. The van der Waals surface area contributed by atoms with Crippen LogP contribution in [0.3, 0.4) is 0 Å². The zero-order valence-corrected chi connectivity index (χ0v) is 20.3. The molecule has 1 amide bonds. The number of anilines is 1. The van der Waals surface area contributed by atoms with Gasteiger partial charge in [0.1, 0.15) is 5.00 Å². The summed E-state index contributed by atoms with van der Waals surface area (Å²) in [7, 11) is 0. The smallest absolute Gasteiger partial charge is 0.341 e. The molecule has 4 aromatic rings. The maximum atomic E-state index is 13.4. The molecule has 7 heteroatoms. The van der Waals surface area contributed by atoms with Crippen molar-refractivity contribution in [3.63, 3.8) is 0 Å². The second-order valence-electron chi connectivity index (χ2n) is 7.24. The summed E-state index contributed by atoms with van der Waals surface area (Å²) in [5.74, 6) is -0.731.